The topological polar surface area (TPSA) is 46.2 Å². The molecule has 1 fully saturated rings. The van der Waals surface area contributed by atoms with E-state index < -0.39 is 0 Å². The van der Waals surface area contributed by atoms with E-state index in [1.807, 2.05) is 47.8 Å². The number of amides is 2. The van der Waals surface area contributed by atoms with Crippen LogP contribution in [0.15, 0.2) is 47.8 Å². The molecule has 3 nitrogen and oxygen atoms in total. The number of imide groups is 1. The van der Waals surface area contributed by atoms with Crippen LogP contribution in [-0.4, -0.2) is 11.8 Å². The summed E-state index contributed by atoms with van der Waals surface area (Å²) in [5.74, 6) is -0.711. The van der Waals surface area contributed by atoms with Crippen molar-refractivity contribution in [1.82, 2.24) is 5.32 Å². The third kappa shape index (κ3) is 2.31. The number of thiophene rings is 1. The van der Waals surface area contributed by atoms with E-state index in [1.54, 1.807) is 11.3 Å². The number of hydrogen-bond donors (Lipinski definition) is 1. The van der Waals surface area contributed by atoms with E-state index in [0.717, 1.165) is 10.4 Å². The van der Waals surface area contributed by atoms with Crippen molar-refractivity contribution in [3.05, 3.63) is 58.3 Å². The normalized spacial score (nSPS) is 23.2. The van der Waals surface area contributed by atoms with Gasteiger partial charge in [0.2, 0.25) is 11.8 Å². The highest BCUT2D eigenvalue weighted by Gasteiger charge is 2.38. The van der Waals surface area contributed by atoms with Crippen LogP contribution >= 0.6 is 11.3 Å². The zero-order chi connectivity index (χ0) is 13.2. The fourth-order valence-electron chi connectivity index (χ4n) is 2.58. The molecular formula is C15H13NO2S. The van der Waals surface area contributed by atoms with Crippen LogP contribution in [0.5, 0.6) is 0 Å². The summed E-state index contributed by atoms with van der Waals surface area (Å²) in [7, 11) is 0. The number of hydrogen-bond acceptors (Lipinski definition) is 3. The lowest BCUT2D eigenvalue weighted by Gasteiger charge is -2.29. The summed E-state index contributed by atoms with van der Waals surface area (Å²) in [6.45, 7) is 0. The largest absolute Gasteiger partial charge is 0.296 e. The van der Waals surface area contributed by atoms with Crippen molar-refractivity contribution < 1.29 is 9.59 Å². The molecule has 0 bridgehead atoms. The first kappa shape index (κ1) is 12.1. The van der Waals surface area contributed by atoms with Gasteiger partial charge in [0.05, 0.1) is 5.92 Å². The van der Waals surface area contributed by atoms with E-state index in [4.69, 9.17) is 0 Å². The molecule has 2 unspecified atom stereocenters. The Labute approximate surface area is 115 Å². The van der Waals surface area contributed by atoms with Gasteiger partial charge in [-0.05, 0) is 17.0 Å². The zero-order valence-electron chi connectivity index (χ0n) is 10.2. The molecule has 2 heterocycles. The molecule has 0 spiro atoms. The van der Waals surface area contributed by atoms with Gasteiger partial charge < -0.3 is 0 Å². The molecule has 0 saturated carbocycles. The molecule has 2 aromatic rings. The summed E-state index contributed by atoms with van der Waals surface area (Å²) in [5.41, 5.74) is 0.964. The summed E-state index contributed by atoms with van der Waals surface area (Å²) >= 11 is 1.60. The standard InChI is InChI=1S/C15H13NO2S/c17-13-9-11(12-7-4-8-19-12)14(15(18)16-13)10-5-2-1-3-6-10/h1-8,11,14H,9H2,(H,16,17,18). The number of rotatable bonds is 2. The number of benzene rings is 1. The van der Waals surface area contributed by atoms with E-state index in [2.05, 4.69) is 5.32 Å². The number of piperidine rings is 1. The van der Waals surface area contributed by atoms with Gasteiger partial charge in [-0.25, -0.2) is 0 Å². The molecule has 0 aliphatic carbocycles. The van der Waals surface area contributed by atoms with Crippen LogP contribution in [0.3, 0.4) is 0 Å². The second-order valence-electron chi connectivity index (χ2n) is 4.63. The minimum absolute atomic E-state index is 0.0522. The maximum atomic E-state index is 12.2. The van der Waals surface area contributed by atoms with E-state index in [9.17, 15) is 9.59 Å². The lowest BCUT2D eigenvalue weighted by atomic mass is 9.80. The van der Waals surface area contributed by atoms with Gasteiger partial charge in [-0.15, -0.1) is 11.3 Å². The van der Waals surface area contributed by atoms with Crippen molar-refractivity contribution in [2.24, 2.45) is 0 Å². The fourth-order valence-corrected chi connectivity index (χ4v) is 3.44. The van der Waals surface area contributed by atoms with Gasteiger partial charge in [-0.3, -0.25) is 14.9 Å². The van der Waals surface area contributed by atoms with Crippen LogP contribution in [0.25, 0.3) is 0 Å². The quantitative estimate of drug-likeness (QED) is 0.854. The molecular weight excluding hydrogens is 258 g/mol. The minimum atomic E-state index is -0.280. The number of carbonyl (C=O) groups excluding carboxylic acids is 2. The molecule has 4 heteroatoms. The number of nitrogens with one attached hydrogen (secondary N) is 1. The third-order valence-electron chi connectivity index (χ3n) is 3.42. The molecule has 1 aromatic heterocycles. The van der Waals surface area contributed by atoms with Crippen LogP contribution in [0.1, 0.15) is 28.7 Å². The maximum absolute atomic E-state index is 12.2. The highest BCUT2D eigenvalue weighted by Crippen LogP contribution is 2.40. The van der Waals surface area contributed by atoms with Crippen molar-refractivity contribution in [2.45, 2.75) is 18.3 Å². The molecule has 3 rings (SSSR count). The van der Waals surface area contributed by atoms with Gasteiger partial charge in [-0.1, -0.05) is 36.4 Å². The van der Waals surface area contributed by atoms with Crippen molar-refractivity contribution >= 4 is 23.2 Å². The van der Waals surface area contributed by atoms with Gasteiger partial charge >= 0.3 is 0 Å². The smallest absolute Gasteiger partial charge is 0.234 e. The molecule has 96 valence electrons. The molecule has 2 atom stereocenters. The molecule has 1 aliphatic rings. The Balaban J connectivity index is 2.02. The van der Waals surface area contributed by atoms with E-state index >= 15 is 0 Å². The van der Waals surface area contributed by atoms with Crippen molar-refractivity contribution in [2.75, 3.05) is 0 Å². The first-order chi connectivity index (χ1) is 9.25. The van der Waals surface area contributed by atoms with Gasteiger partial charge in [0, 0.05) is 17.2 Å². The lowest BCUT2D eigenvalue weighted by Crippen LogP contribution is -2.43. The SMILES string of the molecule is O=C1CC(c2cccs2)C(c2ccccc2)C(=O)N1. The molecule has 2 amide bonds. The average Bonchev–Trinajstić information content (AvgIpc) is 2.92. The monoisotopic (exact) mass is 271 g/mol. The van der Waals surface area contributed by atoms with Crippen LogP contribution in [0, 0.1) is 0 Å². The Hall–Kier alpha value is -1.94. The minimum Gasteiger partial charge on any atom is -0.296 e. The van der Waals surface area contributed by atoms with Gasteiger partial charge in [0.15, 0.2) is 0 Å². The van der Waals surface area contributed by atoms with Crippen molar-refractivity contribution in [1.29, 1.82) is 0 Å². The van der Waals surface area contributed by atoms with Crippen molar-refractivity contribution in [3.8, 4) is 0 Å². The van der Waals surface area contributed by atoms with Gasteiger partial charge in [0.25, 0.3) is 0 Å². The maximum Gasteiger partial charge on any atom is 0.234 e. The summed E-state index contributed by atoms with van der Waals surface area (Å²) in [4.78, 5) is 24.9. The molecule has 1 saturated heterocycles. The van der Waals surface area contributed by atoms with Crippen LogP contribution < -0.4 is 5.32 Å². The molecule has 1 aliphatic heterocycles. The fraction of sp³-hybridized carbons (Fsp3) is 0.200. The van der Waals surface area contributed by atoms with Crippen LogP contribution in [0.2, 0.25) is 0 Å². The van der Waals surface area contributed by atoms with Crippen LogP contribution in [-0.2, 0) is 9.59 Å². The predicted molar refractivity (Wildman–Crippen MR) is 74.0 cm³/mol. The summed E-state index contributed by atoms with van der Waals surface area (Å²) < 4.78 is 0. The van der Waals surface area contributed by atoms with Gasteiger partial charge in [-0.2, -0.15) is 0 Å². The van der Waals surface area contributed by atoms with E-state index in [0.29, 0.717) is 6.42 Å². The zero-order valence-corrected chi connectivity index (χ0v) is 11.0. The lowest BCUT2D eigenvalue weighted by molar-refractivity contribution is -0.135. The Morgan fingerprint density at radius 2 is 1.84 bits per heavy atom. The Kier molecular flexibility index (Phi) is 3.17. The Morgan fingerprint density at radius 1 is 1.05 bits per heavy atom. The molecule has 1 N–H and O–H groups in total. The first-order valence-corrected chi connectivity index (χ1v) is 7.05. The predicted octanol–water partition coefficient (Wildman–Crippen LogP) is 2.66. The molecule has 0 radical (unpaired) electrons. The third-order valence-corrected chi connectivity index (χ3v) is 4.42. The molecule has 1 aromatic carbocycles. The van der Waals surface area contributed by atoms with E-state index in [1.165, 1.54) is 0 Å². The summed E-state index contributed by atoms with van der Waals surface area (Å²) in [6, 6.07) is 13.6. The highest BCUT2D eigenvalue weighted by atomic mass is 32.1. The second-order valence-corrected chi connectivity index (χ2v) is 5.61. The summed E-state index contributed by atoms with van der Waals surface area (Å²) in [5, 5.41) is 4.43. The Morgan fingerprint density at radius 3 is 2.53 bits per heavy atom. The number of carbonyl (C=O) groups is 2. The first-order valence-electron chi connectivity index (χ1n) is 6.18. The Bertz CT molecular complexity index is 592. The molecule has 19 heavy (non-hydrogen) atoms. The highest BCUT2D eigenvalue weighted by molar-refractivity contribution is 7.10. The van der Waals surface area contributed by atoms with Crippen LogP contribution in [0.4, 0.5) is 0 Å². The van der Waals surface area contributed by atoms with E-state index in [-0.39, 0.29) is 23.7 Å². The summed E-state index contributed by atoms with van der Waals surface area (Å²) in [6.07, 6.45) is 0.367. The van der Waals surface area contributed by atoms with Crippen molar-refractivity contribution in [3.63, 3.8) is 0 Å². The van der Waals surface area contributed by atoms with Gasteiger partial charge in [0.1, 0.15) is 0 Å². The average molecular weight is 271 g/mol. The second kappa shape index (κ2) is 4.97.